The Bertz CT molecular complexity index is 1600. The van der Waals surface area contributed by atoms with Crippen molar-refractivity contribution in [1.29, 1.82) is 0 Å². The van der Waals surface area contributed by atoms with Crippen molar-refractivity contribution in [3.05, 3.63) is 97.2 Å². The number of aliphatic hydroxyl groups excluding tert-OH is 5. The Balaban J connectivity index is 2.73. The van der Waals surface area contributed by atoms with Crippen LogP contribution < -0.4 is 5.32 Å². The van der Waals surface area contributed by atoms with Crippen molar-refractivity contribution in [2.45, 2.75) is 288 Å². The molecule has 6 N–H and O–H groups in total. The molecule has 1 aliphatic rings. The predicted molar refractivity (Wildman–Crippen MR) is 315 cm³/mol. The van der Waals surface area contributed by atoms with Crippen LogP contribution in [0.4, 0.5) is 0 Å². The van der Waals surface area contributed by atoms with Gasteiger partial charge in [0.15, 0.2) is 12.4 Å². The number of rotatable bonds is 50. The molecule has 0 bridgehead atoms. The van der Waals surface area contributed by atoms with Crippen molar-refractivity contribution >= 4 is 11.9 Å². The van der Waals surface area contributed by atoms with Gasteiger partial charge in [-0.3, -0.25) is 9.59 Å². The fourth-order valence-corrected chi connectivity index (χ4v) is 8.88. The fourth-order valence-electron chi connectivity index (χ4n) is 8.88. The lowest BCUT2D eigenvalue weighted by atomic mass is 9.99. The molecule has 1 heterocycles. The molecular weight excluding hydrogens is 955 g/mol. The van der Waals surface area contributed by atoms with Crippen molar-refractivity contribution in [3.8, 4) is 0 Å². The van der Waals surface area contributed by atoms with E-state index >= 15 is 0 Å². The summed E-state index contributed by atoms with van der Waals surface area (Å²) in [7, 11) is 0. The SMILES string of the molecule is CC/C=C\C/C=C\C/C=C\C/C=C\C/C=C\CCCCC(O)C(=O)NC(COC1OC(CO)C(O)C(O)C1OC(=O)CCCCCCCCC/C=C\C/C=C\CCCCC)C(O)/C=C/CCCCCCCCCCCC. The van der Waals surface area contributed by atoms with Gasteiger partial charge in [0.2, 0.25) is 5.91 Å². The molecule has 0 aromatic rings. The molecule has 11 nitrogen and oxygen atoms in total. The van der Waals surface area contributed by atoms with Crippen LogP contribution in [0, 0.1) is 0 Å². The third-order valence-corrected chi connectivity index (χ3v) is 13.7. The Morgan fingerprint density at radius 1 is 0.526 bits per heavy atom. The quantitative estimate of drug-likeness (QED) is 0.0195. The number of ether oxygens (including phenoxy) is 3. The largest absolute Gasteiger partial charge is 0.454 e. The Labute approximate surface area is 463 Å². The van der Waals surface area contributed by atoms with Gasteiger partial charge in [-0.15, -0.1) is 0 Å². The summed E-state index contributed by atoms with van der Waals surface area (Å²) >= 11 is 0. The summed E-state index contributed by atoms with van der Waals surface area (Å²) in [6.07, 6.45) is 58.7. The zero-order valence-electron chi connectivity index (χ0n) is 48.1. The summed E-state index contributed by atoms with van der Waals surface area (Å²) in [4.78, 5) is 26.5. The van der Waals surface area contributed by atoms with Crippen LogP contribution in [0.1, 0.15) is 239 Å². The Hall–Kier alpha value is -3.42. The molecule has 11 heteroatoms. The second-order valence-corrected chi connectivity index (χ2v) is 20.7. The average Bonchev–Trinajstić information content (AvgIpc) is 3.42. The summed E-state index contributed by atoms with van der Waals surface area (Å²) in [6, 6.07) is -1.05. The molecule has 1 aliphatic heterocycles. The molecule has 1 amide bonds. The highest BCUT2D eigenvalue weighted by Crippen LogP contribution is 2.26. The standard InChI is InChI=1S/C65H111NO10/c1-4-7-10-13-16-19-22-25-27-29-31-32-34-37-40-43-46-49-52-58(69)64(73)66-56(57(68)51-48-45-42-39-36-24-21-18-15-12-9-6-3)55-74-65-63(62(72)61(71)59(54-67)75-65)76-60(70)53-50-47-44-41-38-35-33-30-28-26-23-20-17-14-11-8-5-2/h7,10,16-17,19-20,25-28,31-32,37,40,48,51,56-59,61-63,65,67-69,71-72H,4-6,8-9,11-15,18,21-24,29-30,33-36,38-39,41-47,49-50,52-55H2,1-3H3,(H,66,73)/b10-7-,19-16-,20-17-,27-25-,28-26-,32-31-,40-37-,51-48+. The number of nitrogens with one attached hydrogen (secondary N) is 1. The van der Waals surface area contributed by atoms with Gasteiger partial charge in [-0.25, -0.2) is 0 Å². The number of unbranched alkanes of at least 4 members (excludes halogenated alkanes) is 22. The molecule has 436 valence electrons. The number of carbonyl (C=O) groups excluding carboxylic acids is 2. The van der Waals surface area contributed by atoms with E-state index in [2.05, 4.69) is 111 Å². The molecule has 1 saturated heterocycles. The summed E-state index contributed by atoms with van der Waals surface area (Å²) in [5.74, 6) is -1.24. The Morgan fingerprint density at radius 3 is 1.45 bits per heavy atom. The second kappa shape index (κ2) is 52.3. The Morgan fingerprint density at radius 2 is 0.947 bits per heavy atom. The van der Waals surface area contributed by atoms with E-state index in [0.29, 0.717) is 12.8 Å². The highest BCUT2D eigenvalue weighted by atomic mass is 16.7. The molecule has 76 heavy (non-hydrogen) atoms. The first-order chi connectivity index (χ1) is 37.2. The van der Waals surface area contributed by atoms with Gasteiger partial charge >= 0.3 is 5.97 Å². The van der Waals surface area contributed by atoms with Crippen LogP contribution in [0.5, 0.6) is 0 Å². The zero-order valence-corrected chi connectivity index (χ0v) is 48.1. The molecule has 1 fully saturated rings. The number of hydrogen-bond acceptors (Lipinski definition) is 10. The van der Waals surface area contributed by atoms with Gasteiger partial charge in [-0.1, -0.05) is 227 Å². The molecule has 0 aromatic heterocycles. The molecule has 0 spiro atoms. The second-order valence-electron chi connectivity index (χ2n) is 20.7. The number of allylic oxidation sites excluding steroid dienone is 15. The zero-order chi connectivity index (χ0) is 55.4. The average molecular weight is 1070 g/mol. The molecule has 0 saturated carbocycles. The van der Waals surface area contributed by atoms with Crippen LogP contribution in [-0.2, 0) is 23.8 Å². The van der Waals surface area contributed by atoms with E-state index in [1.165, 1.54) is 83.5 Å². The molecule has 0 radical (unpaired) electrons. The van der Waals surface area contributed by atoms with E-state index in [-0.39, 0.29) is 19.4 Å². The van der Waals surface area contributed by atoms with Crippen molar-refractivity contribution in [3.63, 3.8) is 0 Å². The van der Waals surface area contributed by atoms with Crippen molar-refractivity contribution < 1.29 is 49.3 Å². The van der Waals surface area contributed by atoms with Crippen LogP contribution in [0.2, 0.25) is 0 Å². The predicted octanol–water partition coefficient (Wildman–Crippen LogP) is 14.3. The minimum Gasteiger partial charge on any atom is -0.454 e. The van der Waals surface area contributed by atoms with Crippen molar-refractivity contribution in [1.82, 2.24) is 5.32 Å². The fraction of sp³-hybridized carbons (Fsp3) is 0.723. The number of carbonyl (C=O) groups is 2. The lowest BCUT2D eigenvalue weighted by Crippen LogP contribution is -2.61. The Kier molecular flexibility index (Phi) is 48.6. The number of hydrogen-bond donors (Lipinski definition) is 6. The molecule has 0 aromatic carbocycles. The molecule has 1 rings (SSSR count). The van der Waals surface area contributed by atoms with Crippen LogP contribution in [-0.4, -0.2) is 99.6 Å². The minimum atomic E-state index is -1.63. The van der Waals surface area contributed by atoms with Crippen molar-refractivity contribution in [2.24, 2.45) is 0 Å². The maximum Gasteiger partial charge on any atom is 0.306 e. The lowest BCUT2D eigenvalue weighted by molar-refractivity contribution is -0.305. The highest BCUT2D eigenvalue weighted by molar-refractivity contribution is 5.80. The van der Waals surface area contributed by atoms with Crippen LogP contribution in [0.15, 0.2) is 97.2 Å². The summed E-state index contributed by atoms with van der Waals surface area (Å²) in [5.41, 5.74) is 0. The van der Waals surface area contributed by atoms with E-state index in [1.54, 1.807) is 6.08 Å². The number of amides is 1. The maximum atomic E-state index is 13.4. The lowest BCUT2D eigenvalue weighted by Gasteiger charge is -2.41. The van der Waals surface area contributed by atoms with Gasteiger partial charge < -0.3 is 45.1 Å². The van der Waals surface area contributed by atoms with Crippen LogP contribution in [0.3, 0.4) is 0 Å². The smallest absolute Gasteiger partial charge is 0.306 e. The van der Waals surface area contributed by atoms with E-state index in [9.17, 15) is 35.1 Å². The van der Waals surface area contributed by atoms with Crippen molar-refractivity contribution in [2.75, 3.05) is 13.2 Å². The summed E-state index contributed by atoms with van der Waals surface area (Å²) < 4.78 is 17.6. The minimum absolute atomic E-state index is 0.106. The molecular formula is C65H111NO10. The van der Waals surface area contributed by atoms with Crippen LogP contribution >= 0.6 is 0 Å². The molecule has 8 unspecified atom stereocenters. The van der Waals surface area contributed by atoms with E-state index in [1.807, 2.05) is 6.08 Å². The van der Waals surface area contributed by atoms with Gasteiger partial charge in [0.25, 0.3) is 0 Å². The topological polar surface area (TPSA) is 175 Å². The highest BCUT2D eigenvalue weighted by Gasteiger charge is 2.47. The van der Waals surface area contributed by atoms with E-state index < -0.39 is 67.4 Å². The third kappa shape index (κ3) is 39.9. The normalized spacial score (nSPS) is 19.8. The van der Waals surface area contributed by atoms with Gasteiger partial charge in [-0.05, 0) is 103 Å². The van der Waals surface area contributed by atoms with Crippen LogP contribution in [0.25, 0.3) is 0 Å². The van der Waals surface area contributed by atoms with Gasteiger partial charge in [0.1, 0.15) is 24.4 Å². The maximum absolute atomic E-state index is 13.4. The number of aliphatic hydroxyl groups is 5. The molecule has 8 atom stereocenters. The summed E-state index contributed by atoms with van der Waals surface area (Å²) in [5, 5.41) is 56.9. The first-order valence-corrected chi connectivity index (χ1v) is 30.5. The van der Waals surface area contributed by atoms with E-state index in [4.69, 9.17) is 14.2 Å². The molecule has 0 aliphatic carbocycles. The first kappa shape index (κ1) is 70.6. The third-order valence-electron chi connectivity index (χ3n) is 13.7. The van der Waals surface area contributed by atoms with Gasteiger partial charge in [-0.2, -0.15) is 0 Å². The van der Waals surface area contributed by atoms with Gasteiger partial charge in [0.05, 0.1) is 25.4 Å². The first-order valence-electron chi connectivity index (χ1n) is 30.5. The monoisotopic (exact) mass is 1070 g/mol. The number of esters is 1. The van der Waals surface area contributed by atoms with Gasteiger partial charge in [0, 0.05) is 6.42 Å². The van der Waals surface area contributed by atoms with E-state index in [0.717, 1.165) is 109 Å². The summed E-state index contributed by atoms with van der Waals surface area (Å²) in [6.45, 7) is 5.61.